The monoisotopic (exact) mass is 548 g/mol. The van der Waals surface area contributed by atoms with E-state index in [1.807, 2.05) is 54.6 Å². The van der Waals surface area contributed by atoms with Crippen LogP contribution < -0.4 is 26.6 Å². The molecule has 0 bridgehead atoms. The predicted molar refractivity (Wildman–Crippen MR) is 156 cm³/mol. The summed E-state index contributed by atoms with van der Waals surface area (Å²) in [4.78, 5) is 27.1. The van der Waals surface area contributed by atoms with Crippen molar-refractivity contribution in [1.82, 2.24) is 0 Å². The fourth-order valence-corrected chi connectivity index (χ4v) is 5.93. The van der Waals surface area contributed by atoms with Crippen molar-refractivity contribution < 1.29 is 23.2 Å². The number of benzene rings is 3. The highest BCUT2D eigenvalue weighted by molar-refractivity contribution is 7.62. The molecule has 3 aromatic carbocycles. The van der Waals surface area contributed by atoms with Crippen LogP contribution in [0, 0.1) is 0 Å². The first kappa shape index (κ1) is 28.3. The number of nitrogens with two attached hydrogens (primary N) is 1. The van der Waals surface area contributed by atoms with Crippen molar-refractivity contribution in [1.29, 1.82) is 0 Å². The molecular formula is C29H33N4O5P. The largest absolute Gasteiger partial charge is 0.361 e. The summed E-state index contributed by atoms with van der Waals surface area (Å²) in [6.45, 7) is 4.23. The summed E-state index contributed by atoms with van der Waals surface area (Å²) in [5, 5.41) is 6.69. The fourth-order valence-electron chi connectivity index (χ4n) is 4.33. The smallest absolute Gasteiger partial charge is 0.354 e. The Labute approximate surface area is 228 Å². The van der Waals surface area contributed by atoms with E-state index in [-0.39, 0.29) is 38.0 Å². The third-order valence-electron chi connectivity index (χ3n) is 6.23. The summed E-state index contributed by atoms with van der Waals surface area (Å²) in [7, 11) is -1.86. The summed E-state index contributed by atoms with van der Waals surface area (Å²) in [6, 6.07) is 21.9. The van der Waals surface area contributed by atoms with Crippen LogP contribution in [0.3, 0.4) is 0 Å². The predicted octanol–water partition coefficient (Wildman–Crippen LogP) is 4.82. The Bertz CT molecular complexity index is 1410. The van der Waals surface area contributed by atoms with Crippen LogP contribution in [-0.4, -0.2) is 38.6 Å². The Morgan fingerprint density at radius 2 is 1.67 bits per heavy atom. The van der Waals surface area contributed by atoms with Crippen LogP contribution in [0.4, 0.5) is 17.1 Å². The van der Waals surface area contributed by atoms with Crippen molar-refractivity contribution in [3.8, 4) is 0 Å². The molecule has 0 fully saturated rings. The highest BCUT2D eigenvalue weighted by atomic mass is 31.2. The fraction of sp³-hybridized carbons (Fsp3) is 0.241. The number of anilines is 3. The van der Waals surface area contributed by atoms with Gasteiger partial charge in [0, 0.05) is 42.6 Å². The normalized spacial score (nSPS) is 14.0. The van der Waals surface area contributed by atoms with Crippen LogP contribution in [0.1, 0.15) is 31.4 Å². The first-order valence-corrected chi connectivity index (χ1v) is 14.3. The van der Waals surface area contributed by atoms with Gasteiger partial charge in [0.05, 0.1) is 29.8 Å². The van der Waals surface area contributed by atoms with Gasteiger partial charge in [0.15, 0.2) is 0 Å². The standard InChI is InChI=1S/C29H33N4O5P/c1-4-37-39(36,38-5-2)23-15-16-25-24(19-23)27(29(35)32-25)28(20-9-7-6-8-10-20)31-21-11-13-22(14-12-21)33(3)26(34)17-18-30/h6-16,19,31H,4-5,17-18,30H2,1-3H3,(H,32,35)/b28-27-. The average molecular weight is 549 g/mol. The number of hydrogen-bond acceptors (Lipinski definition) is 7. The van der Waals surface area contributed by atoms with E-state index in [1.54, 1.807) is 44.0 Å². The zero-order chi connectivity index (χ0) is 28.0. The van der Waals surface area contributed by atoms with E-state index < -0.39 is 7.60 Å². The molecule has 3 aromatic rings. The molecule has 2 amide bonds. The SMILES string of the molecule is CCOP(=O)(OCC)c1ccc2c(c1)/C(=C(/Nc1ccc(N(C)C(=O)CCN)cc1)c1ccccc1)C(=O)N2. The second kappa shape index (κ2) is 12.4. The van der Waals surface area contributed by atoms with Gasteiger partial charge < -0.3 is 30.3 Å². The second-order valence-electron chi connectivity index (χ2n) is 8.80. The molecule has 0 spiro atoms. The second-order valence-corrected chi connectivity index (χ2v) is 10.8. The molecule has 4 rings (SSSR count). The van der Waals surface area contributed by atoms with Crippen molar-refractivity contribution in [3.05, 3.63) is 83.9 Å². The van der Waals surface area contributed by atoms with E-state index in [4.69, 9.17) is 14.8 Å². The van der Waals surface area contributed by atoms with Gasteiger partial charge in [0.1, 0.15) is 0 Å². The number of nitrogens with zero attached hydrogens (tertiary/aromatic N) is 1. The van der Waals surface area contributed by atoms with Gasteiger partial charge in [-0.2, -0.15) is 0 Å². The lowest BCUT2D eigenvalue weighted by atomic mass is 10.00. The first-order chi connectivity index (χ1) is 18.8. The Kier molecular flexibility index (Phi) is 8.99. The Morgan fingerprint density at radius 1 is 1.00 bits per heavy atom. The lowest BCUT2D eigenvalue weighted by Crippen LogP contribution is -2.27. The van der Waals surface area contributed by atoms with Gasteiger partial charge in [-0.3, -0.25) is 14.2 Å². The van der Waals surface area contributed by atoms with Crippen LogP contribution in [0.25, 0.3) is 11.3 Å². The van der Waals surface area contributed by atoms with Crippen molar-refractivity contribution in [2.24, 2.45) is 5.73 Å². The van der Waals surface area contributed by atoms with Crippen LogP contribution in [-0.2, 0) is 23.2 Å². The molecule has 1 heterocycles. The minimum atomic E-state index is -3.57. The molecule has 10 heteroatoms. The highest BCUT2D eigenvalue weighted by Gasteiger charge is 2.33. The summed E-state index contributed by atoms with van der Waals surface area (Å²) in [5.41, 5.74) is 9.92. The number of carbonyl (C=O) groups excluding carboxylic acids is 2. The maximum Gasteiger partial charge on any atom is 0.361 e. The van der Waals surface area contributed by atoms with Gasteiger partial charge in [0.2, 0.25) is 5.91 Å². The molecule has 39 heavy (non-hydrogen) atoms. The first-order valence-electron chi connectivity index (χ1n) is 12.8. The molecule has 1 aliphatic rings. The summed E-state index contributed by atoms with van der Waals surface area (Å²) in [6.07, 6.45) is 0.261. The third kappa shape index (κ3) is 6.13. The summed E-state index contributed by atoms with van der Waals surface area (Å²) < 4.78 is 24.6. The quantitative estimate of drug-likeness (QED) is 0.232. The van der Waals surface area contributed by atoms with Crippen LogP contribution in [0.2, 0.25) is 0 Å². The minimum Gasteiger partial charge on any atom is -0.354 e. The molecule has 204 valence electrons. The molecule has 9 nitrogen and oxygen atoms in total. The molecule has 0 aliphatic carbocycles. The molecule has 0 atom stereocenters. The Balaban J connectivity index is 1.79. The maximum absolute atomic E-state index is 13.5. The number of carbonyl (C=O) groups is 2. The molecular weight excluding hydrogens is 515 g/mol. The number of fused-ring (bicyclic) bond motifs is 1. The molecule has 1 aliphatic heterocycles. The number of hydrogen-bond donors (Lipinski definition) is 3. The van der Waals surface area contributed by atoms with Crippen molar-refractivity contribution in [2.75, 3.05) is 42.3 Å². The van der Waals surface area contributed by atoms with E-state index in [1.165, 1.54) is 0 Å². The van der Waals surface area contributed by atoms with Crippen LogP contribution in [0.15, 0.2) is 72.8 Å². The molecule has 0 saturated heterocycles. The number of amides is 2. The Morgan fingerprint density at radius 3 is 2.28 bits per heavy atom. The molecule has 0 saturated carbocycles. The maximum atomic E-state index is 13.5. The zero-order valence-electron chi connectivity index (χ0n) is 22.3. The Hall–Kier alpha value is -3.75. The number of rotatable bonds is 11. The lowest BCUT2D eigenvalue weighted by Gasteiger charge is -2.19. The molecule has 0 aromatic heterocycles. The van der Waals surface area contributed by atoms with Crippen LogP contribution >= 0.6 is 7.60 Å². The van der Waals surface area contributed by atoms with Crippen molar-refractivity contribution in [2.45, 2.75) is 20.3 Å². The summed E-state index contributed by atoms with van der Waals surface area (Å²) in [5.74, 6) is -0.364. The van der Waals surface area contributed by atoms with Gasteiger partial charge in [-0.1, -0.05) is 30.3 Å². The van der Waals surface area contributed by atoms with E-state index in [0.717, 1.165) is 16.9 Å². The minimum absolute atomic E-state index is 0.0725. The van der Waals surface area contributed by atoms with E-state index in [0.29, 0.717) is 27.8 Å². The van der Waals surface area contributed by atoms with E-state index >= 15 is 0 Å². The van der Waals surface area contributed by atoms with Crippen molar-refractivity contribution >= 4 is 53.0 Å². The topological polar surface area (TPSA) is 123 Å². The third-order valence-corrected chi connectivity index (χ3v) is 8.34. The zero-order valence-corrected chi connectivity index (χ0v) is 23.2. The van der Waals surface area contributed by atoms with Gasteiger partial charge in [-0.15, -0.1) is 0 Å². The van der Waals surface area contributed by atoms with Gasteiger partial charge in [-0.05, 0) is 61.9 Å². The van der Waals surface area contributed by atoms with Gasteiger partial charge >= 0.3 is 7.60 Å². The van der Waals surface area contributed by atoms with Crippen LogP contribution in [0.5, 0.6) is 0 Å². The van der Waals surface area contributed by atoms with Gasteiger partial charge in [0.25, 0.3) is 5.91 Å². The van der Waals surface area contributed by atoms with E-state index in [2.05, 4.69) is 10.6 Å². The van der Waals surface area contributed by atoms with Crippen molar-refractivity contribution in [3.63, 3.8) is 0 Å². The molecule has 0 radical (unpaired) electrons. The van der Waals surface area contributed by atoms with Gasteiger partial charge in [-0.25, -0.2) is 0 Å². The average Bonchev–Trinajstić information content (AvgIpc) is 3.27. The molecule has 4 N–H and O–H groups in total. The number of nitrogens with one attached hydrogen (secondary N) is 2. The summed E-state index contributed by atoms with van der Waals surface area (Å²) >= 11 is 0. The van der Waals surface area contributed by atoms with E-state index in [9.17, 15) is 14.2 Å². The molecule has 0 unspecified atom stereocenters. The highest BCUT2D eigenvalue weighted by Crippen LogP contribution is 2.48. The lowest BCUT2D eigenvalue weighted by molar-refractivity contribution is -0.118.